The SMILES string of the molecule is CCCP(C)(=O)O.NC(=O)N(N)N. The van der Waals surface area contributed by atoms with Crippen LogP contribution >= 0.6 is 7.37 Å². The van der Waals surface area contributed by atoms with E-state index in [1.807, 2.05) is 6.92 Å². The first-order valence-corrected chi connectivity index (χ1v) is 5.88. The Bertz CT molecular complexity index is 190. The molecule has 0 aromatic rings. The number of hydrazine groups is 2. The quantitative estimate of drug-likeness (QED) is 0.210. The summed E-state index contributed by atoms with van der Waals surface area (Å²) in [5, 5.41) is 0.306. The highest BCUT2D eigenvalue weighted by Gasteiger charge is 2.04. The van der Waals surface area contributed by atoms with Crippen molar-refractivity contribution in [1.82, 2.24) is 5.12 Å². The van der Waals surface area contributed by atoms with Crippen molar-refractivity contribution in [1.29, 1.82) is 0 Å². The van der Waals surface area contributed by atoms with Crippen molar-refractivity contribution in [2.75, 3.05) is 12.8 Å². The number of rotatable bonds is 2. The molecule has 0 aromatic carbocycles. The minimum Gasteiger partial charge on any atom is -0.349 e. The molecule has 0 aliphatic heterocycles. The zero-order chi connectivity index (χ0) is 11.1. The van der Waals surface area contributed by atoms with Gasteiger partial charge in [-0.05, 0) is 6.42 Å². The highest BCUT2D eigenvalue weighted by atomic mass is 31.2. The average molecular weight is 212 g/mol. The van der Waals surface area contributed by atoms with Crippen molar-refractivity contribution in [3.8, 4) is 0 Å². The second kappa shape index (κ2) is 6.85. The number of nitrogens with two attached hydrogens (primary N) is 3. The molecule has 13 heavy (non-hydrogen) atoms. The van der Waals surface area contributed by atoms with E-state index in [1.165, 1.54) is 6.66 Å². The van der Waals surface area contributed by atoms with Gasteiger partial charge in [0.15, 0.2) is 7.37 Å². The minimum atomic E-state index is -2.67. The van der Waals surface area contributed by atoms with E-state index in [0.717, 1.165) is 6.42 Å². The molecule has 7 N–H and O–H groups in total. The summed E-state index contributed by atoms with van der Waals surface area (Å²) in [6, 6.07) is -0.852. The standard InChI is InChI=1S/C4H11O2P.CH6N4O/c1-3-4-7(2,5)6;2-1(6)5(3)4/h3-4H2,1-2H3,(H,5,6);3-4H2,(H2,2,6). The molecular formula is C5H17N4O3P. The van der Waals surface area contributed by atoms with Gasteiger partial charge in [0.2, 0.25) is 0 Å². The van der Waals surface area contributed by atoms with Crippen LogP contribution in [0.2, 0.25) is 0 Å². The van der Waals surface area contributed by atoms with Gasteiger partial charge in [-0.25, -0.2) is 16.5 Å². The lowest BCUT2D eigenvalue weighted by Gasteiger charge is -2.00. The third-order valence-corrected chi connectivity index (χ3v) is 2.17. The van der Waals surface area contributed by atoms with Gasteiger partial charge in [0.1, 0.15) is 0 Å². The molecule has 0 bridgehead atoms. The average Bonchev–Trinajstić information content (AvgIpc) is 1.85. The third-order valence-electron chi connectivity index (χ3n) is 0.893. The molecule has 0 saturated heterocycles. The first kappa shape index (κ1) is 14.9. The lowest BCUT2D eigenvalue weighted by Crippen LogP contribution is -2.46. The lowest BCUT2D eigenvalue weighted by molar-refractivity contribution is 0.210. The molecule has 0 spiro atoms. The monoisotopic (exact) mass is 212 g/mol. The number of hydrogen-bond donors (Lipinski definition) is 4. The van der Waals surface area contributed by atoms with Crippen LogP contribution in [0.1, 0.15) is 13.3 Å². The maximum absolute atomic E-state index is 10.4. The lowest BCUT2D eigenvalue weighted by atomic mass is 10.6. The van der Waals surface area contributed by atoms with Gasteiger partial charge in [-0.2, -0.15) is 5.12 Å². The molecule has 80 valence electrons. The molecule has 0 aromatic heterocycles. The molecule has 0 rings (SSSR count). The first-order valence-electron chi connectivity index (χ1n) is 3.59. The molecule has 1 unspecified atom stereocenters. The second-order valence-electron chi connectivity index (χ2n) is 2.52. The predicted molar refractivity (Wildman–Crippen MR) is 50.7 cm³/mol. The van der Waals surface area contributed by atoms with Crippen LogP contribution in [0.4, 0.5) is 4.79 Å². The number of carbonyl (C=O) groups excluding carboxylic acids is 1. The Labute approximate surface area is 77.3 Å². The minimum absolute atomic E-state index is 0.306. The molecule has 0 aliphatic carbocycles. The Morgan fingerprint density at radius 2 is 1.85 bits per heavy atom. The van der Waals surface area contributed by atoms with Crippen molar-refractivity contribution < 1.29 is 14.3 Å². The van der Waals surface area contributed by atoms with Gasteiger partial charge < -0.3 is 10.6 Å². The fourth-order valence-electron chi connectivity index (χ4n) is 0.415. The Balaban J connectivity index is 0. The molecular weight excluding hydrogens is 195 g/mol. The number of nitrogens with zero attached hydrogens (tertiary/aromatic N) is 1. The van der Waals surface area contributed by atoms with Gasteiger partial charge >= 0.3 is 6.03 Å². The van der Waals surface area contributed by atoms with E-state index >= 15 is 0 Å². The molecule has 0 saturated carbocycles. The fraction of sp³-hybridized carbons (Fsp3) is 0.800. The fourth-order valence-corrected chi connectivity index (χ4v) is 1.24. The van der Waals surface area contributed by atoms with Gasteiger partial charge in [-0.3, -0.25) is 4.57 Å². The molecule has 1 atom stereocenters. The third kappa shape index (κ3) is 18.4. The highest BCUT2D eigenvalue weighted by Crippen LogP contribution is 2.35. The number of urea groups is 1. The second-order valence-corrected chi connectivity index (χ2v) is 5.07. The van der Waals surface area contributed by atoms with Crippen LogP contribution in [-0.4, -0.2) is 28.9 Å². The highest BCUT2D eigenvalue weighted by molar-refractivity contribution is 7.57. The van der Waals surface area contributed by atoms with Crippen LogP contribution in [0.15, 0.2) is 0 Å². The maximum atomic E-state index is 10.4. The largest absolute Gasteiger partial charge is 0.349 e. The van der Waals surface area contributed by atoms with E-state index in [2.05, 4.69) is 17.4 Å². The van der Waals surface area contributed by atoms with Crippen LogP contribution in [0.5, 0.6) is 0 Å². The van der Waals surface area contributed by atoms with Crippen molar-refractivity contribution in [2.45, 2.75) is 13.3 Å². The van der Waals surface area contributed by atoms with Crippen LogP contribution in [-0.2, 0) is 4.57 Å². The topological polar surface area (TPSA) is 136 Å². The number of hydrogen-bond acceptors (Lipinski definition) is 4. The maximum Gasteiger partial charge on any atom is 0.343 e. The van der Waals surface area contributed by atoms with Gasteiger partial charge in [-0.15, -0.1) is 0 Å². The molecule has 0 aliphatic rings. The van der Waals surface area contributed by atoms with E-state index in [-0.39, 0.29) is 0 Å². The summed E-state index contributed by atoms with van der Waals surface area (Å²) in [6.45, 7) is 3.28. The van der Waals surface area contributed by atoms with E-state index in [1.54, 1.807) is 0 Å². The molecule has 7 nitrogen and oxygen atoms in total. The summed E-state index contributed by atoms with van der Waals surface area (Å²) >= 11 is 0. The van der Waals surface area contributed by atoms with Crippen LogP contribution in [0.25, 0.3) is 0 Å². The Morgan fingerprint density at radius 1 is 1.54 bits per heavy atom. The first-order chi connectivity index (χ1) is 5.70. The number of primary amides is 1. The zero-order valence-electron chi connectivity index (χ0n) is 7.80. The molecule has 0 fully saturated rings. The van der Waals surface area contributed by atoms with E-state index in [4.69, 9.17) is 4.89 Å². The van der Waals surface area contributed by atoms with Gasteiger partial charge in [0, 0.05) is 12.8 Å². The molecule has 2 amide bonds. The van der Waals surface area contributed by atoms with Crippen molar-refractivity contribution in [3.63, 3.8) is 0 Å². The van der Waals surface area contributed by atoms with Crippen LogP contribution in [0.3, 0.4) is 0 Å². The summed E-state index contributed by atoms with van der Waals surface area (Å²) < 4.78 is 10.4. The smallest absolute Gasteiger partial charge is 0.343 e. The Hall–Kier alpha value is -0.620. The van der Waals surface area contributed by atoms with Crippen LogP contribution < -0.4 is 17.4 Å². The molecule has 0 heterocycles. The van der Waals surface area contributed by atoms with Gasteiger partial charge in [-0.1, -0.05) is 6.92 Å². The normalized spacial score (nSPS) is 13.6. The number of carbonyl (C=O) groups is 1. The summed E-state index contributed by atoms with van der Waals surface area (Å²) in [4.78, 5) is 18.2. The Kier molecular flexibility index (Phi) is 7.84. The van der Waals surface area contributed by atoms with Gasteiger partial charge in [0.05, 0.1) is 0 Å². The summed E-state index contributed by atoms with van der Waals surface area (Å²) in [7, 11) is -2.67. The van der Waals surface area contributed by atoms with E-state index < -0.39 is 13.4 Å². The zero-order valence-corrected chi connectivity index (χ0v) is 8.70. The van der Waals surface area contributed by atoms with E-state index in [9.17, 15) is 9.36 Å². The Morgan fingerprint density at radius 3 is 1.85 bits per heavy atom. The summed E-state index contributed by atoms with van der Waals surface area (Å²) in [5.41, 5.74) is 4.47. The van der Waals surface area contributed by atoms with Crippen molar-refractivity contribution in [3.05, 3.63) is 0 Å². The molecule has 8 heteroatoms. The van der Waals surface area contributed by atoms with E-state index in [0.29, 0.717) is 11.3 Å². The summed E-state index contributed by atoms with van der Waals surface area (Å²) in [6.07, 6.45) is 1.25. The predicted octanol–water partition coefficient (Wildman–Crippen LogP) is -0.589. The van der Waals surface area contributed by atoms with Crippen LogP contribution in [0, 0.1) is 0 Å². The van der Waals surface area contributed by atoms with Gasteiger partial charge in [0.25, 0.3) is 0 Å². The van der Waals surface area contributed by atoms with Crippen molar-refractivity contribution >= 4 is 13.4 Å². The number of amides is 2. The van der Waals surface area contributed by atoms with Crippen molar-refractivity contribution in [2.24, 2.45) is 17.4 Å². The molecule has 0 radical (unpaired) electrons. The summed E-state index contributed by atoms with van der Waals surface area (Å²) in [5.74, 6) is 9.14.